The van der Waals surface area contributed by atoms with Gasteiger partial charge in [0.15, 0.2) is 0 Å². The van der Waals surface area contributed by atoms with Gasteiger partial charge in [0.25, 0.3) is 5.69 Å². The van der Waals surface area contributed by atoms with Crippen molar-refractivity contribution in [2.45, 2.75) is 10.9 Å². The van der Waals surface area contributed by atoms with Gasteiger partial charge in [-0.3, -0.25) is 10.1 Å². The van der Waals surface area contributed by atoms with E-state index in [9.17, 15) is 18.5 Å². The van der Waals surface area contributed by atoms with E-state index in [0.717, 1.165) is 11.6 Å². The molecule has 0 saturated carbocycles. The predicted molar refractivity (Wildman–Crippen MR) is 106 cm³/mol. The number of nitro groups is 1. The minimum Gasteiger partial charge on any atom is -0.378 e. The molecule has 0 unspecified atom stereocenters. The van der Waals surface area contributed by atoms with Crippen LogP contribution in [0.15, 0.2) is 47.4 Å². The first-order valence-corrected chi connectivity index (χ1v) is 9.90. The number of hydrogen-bond donors (Lipinski definition) is 2. The molecule has 27 heavy (non-hydrogen) atoms. The molecule has 0 aliphatic rings. The minimum atomic E-state index is -3.77. The maximum atomic E-state index is 11.9. The molecule has 0 amide bonds. The Morgan fingerprint density at radius 3 is 2.44 bits per heavy atom. The lowest BCUT2D eigenvalue weighted by molar-refractivity contribution is -0.384. The predicted octanol–water partition coefficient (Wildman–Crippen LogP) is 2.87. The number of benzene rings is 2. The van der Waals surface area contributed by atoms with Crippen molar-refractivity contribution < 1.29 is 13.3 Å². The number of sulfonamides is 1. The third kappa shape index (κ3) is 4.95. The zero-order chi connectivity index (χ0) is 20.2. The number of nitro benzene ring substituents is 1. The Labute approximate surface area is 163 Å². The first kappa shape index (κ1) is 21.1. The highest BCUT2D eigenvalue weighted by atomic mass is 35.5. The van der Waals surface area contributed by atoms with Crippen molar-refractivity contribution in [3.05, 3.63) is 63.2 Å². The van der Waals surface area contributed by atoms with E-state index >= 15 is 0 Å². The summed E-state index contributed by atoms with van der Waals surface area (Å²) >= 11 is 6.28. The lowest BCUT2D eigenvalue weighted by Gasteiger charge is -2.26. The van der Waals surface area contributed by atoms with Crippen LogP contribution in [0.25, 0.3) is 0 Å². The van der Waals surface area contributed by atoms with E-state index in [1.807, 2.05) is 37.2 Å². The standard InChI is InChI=1S/C17H21ClN4O4S/c1-19-27(25,26)12-8-9-15(16(10-12)22(23)24)20-11-17(21(2)3)13-6-4-5-7-14(13)18/h4-10,17,19-20H,11H2,1-3H3/t17-/m0/s1. The van der Waals surface area contributed by atoms with Crippen LogP contribution in [0.1, 0.15) is 11.6 Å². The largest absolute Gasteiger partial charge is 0.378 e. The minimum absolute atomic E-state index is 0.140. The SMILES string of the molecule is CNS(=O)(=O)c1ccc(NC[C@@H](c2ccccc2Cl)N(C)C)c([N+](=O)[O-])c1. The van der Waals surface area contributed by atoms with Gasteiger partial charge in [-0.1, -0.05) is 29.8 Å². The molecule has 2 rings (SSSR count). The van der Waals surface area contributed by atoms with Crippen LogP contribution in [0.3, 0.4) is 0 Å². The zero-order valence-corrected chi connectivity index (χ0v) is 16.7. The van der Waals surface area contributed by atoms with Crippen LogP contribution >= 0.6 is 11.6 Å². The molecular formula is C17H21ClN4O4S. The lowest BCUT2D eigenvalue weighted by atomic mass is 10.1. The fraction of sp³-hybridized carbons (Fsp3) is 0.294. The van der Waals surface area contributed by atoms with Gasteiger partial charge in [-0.2, -0.15) is 0 Å². The topological polar surface area (TPSA) is 105 Å². The Kier molecular flexibility index (Phi) is 6.77. The molecule has 146 valence electrons. The van der Waals surface area contributed by atoms with Crippen molar-refractivity contribution >= 4 is 33.0 Å². The van der Waals surface area contributed by atoms with Crippen molar-refractivity contribution in [3.8, 4) is 0 Å². The lowest BCUT2D eigenvalue weighted by Crippen LogP contribution is -2.27. The van der Waals surface area contributed by atoms with Crippen molar-refractivity contribution in [2.75, 3.05) is 33.0 Å². The Morgan fingerprint density at radius 2 is 1.89 bits per heavy atom. The molecule has 10 heteroatoms. The molecular weight excluding hydrogens is 392 g/mol. The Balaban J connectivity index is 2.33. The zero-order valence-electron chi connectivity index (χ0n) is 15.1. The highest BCUT2D eigenvalue weighted by Gasteiger charge is 2.22. The van der Waals surface area contributed by atoms with Gasteiger partial charge in [0.1, 0.15) is 5.69 Å². The maximum absolute atomic E-state index is 11.9. The first-order valence-electron chi connectivity index (χ1n) is 8.04. The summed E-state index contributed by atoms with van der Waals surface area (Å²) in [5, 5.41) is 15.1. The molecule has 8 nitrogen and oxygen atoms in total. The number of anilines is 1. The molecule has 0 saturated heterocycles. The smallest absolute Gasteiger partial charge is 0.293 e. The molecule has 0 heterocycles. The number of hydrogen-bond acceptors (Lipinski definition) is 6. The number of likely N-dealkylation sites (N-methyl/N-ethyl adjacent to an activating group) is 1. The first-order chi connectivity index (χ1) is 12.7. The normalized spacial score (nSPS) is 12.8. The van der Waals surface area contributed by atoms with E-state index in [1.165, 1.54) is 19.2 Å². The second-order valence-electron chi connectivity index (χ2n) is 6.03. The summed E-state index contributed by atoms with van der Waals surface area (Å²) in [6.45, 7) is 0.343. The van der Waals surface area contributed by atoms with E-state index in [-0.39, 0.29) is 22.3 Å². The molecule has 0 fully saturated rings. The van der Waals surface area contributed by atoms with E-state index < -0.39 is 14.9 Å². The van der Waals surface area contributed by atoms with Crippen molar-refractivity contribution in [1.29, 1.82) is 0 Å². The quantitative estimate of drug-likeness (QED) is 0.510. The summed E-state index contributed by atoms with van der Waals surface area (Å²) in [7, 11) is 1.24. The van der Waals surface area contributed by atoms with Crippen LogP contribution in [0, 0.1) is 10.1 Å². The summed E-state index contributed by atoms with van der Waals surface area (Å²) < 4.78 is 25.9. The van der Waals surface area contributed by atoms with Gasteiger partial charge in [0.2, 0.25) is 10.0 Å². The summed E-state index contributed by atoms with van der Waals surface area (Å²) in [4.78, 5) is 12.6. The van der Waals surface area contributed by atoms with Crippen LogP contribution < -0.4 is 10.0 Å². The summed E-state index contributed by atoms with van der Waals surface area (Å²) in [5.74, 6) is 0. The van der Waals surface area contributed by atoms with Gasteiger partial charge < -0.3 is 10.2 Å². The molecule has 0 bridgehead atoms. The third-order valence-electron chi connectivity index (χ3n) is 4.12. The molecule has 0 aliphatic carbocycles. The molecule has 1 atom stereocenters. The molecule has 0 radical (unpaired) electrons. The van der Waals surface area contributed by atoms with E-state index in [0.29, 0.717) is 11.6 Å². The van der Waals surface area contributed by atoms with Crippen LogP contribution in [0.5, 0.6) is 0 Å². The Hall–Kier alpha value is -2.20. The second-order valence-corrected chi connectivity index (χ2v) is 8.32. The van der Waals surface area contributed by atoms with Crippen molar-refractivity contribution in [2.24, 2.45) is 0 Å². The average molecular weight is 413 g/mol. The van der Waals surface area contributed by atoms with Crippen LogP contribution in [0.2, 0.25) is 5.02 Å². The average Bonchev–Trinajstić information content (AvgIpc) is 2.62. The highest BCUT2D eigenvalue weighted by molar-refractivity contribution is 7.89. The van der Waals surface area contributed by atoms with E-state index in [2.05, 4.69) is 10.0 Å². The van der Waals surface area contributed by atoms with Gasteiger partial charge in [-0.05, 0) is 44.9 Å². The Morgan fingerprint density at radius 1 is 1.22 bits per heavy atom. The monoisotopic (exact) mass is 412 g/mol. The molecule has 0 aromatic heterocycles. The molecule has 0 aliphatic heterocycles. The fourth-order valence-electron chi connectivity index (χ4n) is 2.62. The van der Waals surface area contributed by atoms with Crippen LogP contribution in [-0.4, -0.2) is 45.9 Å². The molecule has 2 aromatic rings. The summed E-state index contributed by atoms with van der Waals surface area (Å²) in [6.07, 6.45) is 0. The van der Waals surface area contributed by atoms with Gasteiger partial charge in [0.05, 0.1) is 15.9 Å². The van der Waals surface area contributed by atoms with Crippen LogP contribution in [0.4, 0.5) is 11.4 Å². The number of nitrogens with one attached hydrogen (secondary N) is 2. The summed E-state index contributed by atoms with van der Waals surface area (Å²) in [5.41, 5.74) is 0.797. The molecule has 2 N–H and O–H groups in total. The second kappa shape index (κ2) is 8.66. The molecule has 2 aromatic carbocycles. The van der Waals surface area contributed by atoms with Crippen LogP contribution in [-0.2, 0) is 10.0 Å². The maximum Gasteiger partial charge on any atom is 0.293 e. The van der Waals surface area contributed by atoms with E-state index in [4.69, 9.17) is 11.6 Å². The highest BCUT2D eigenvalue weighted by Crippen LogP contribution is 2.30. The van der Waals surface area contributed by atoms with Gasteiger partial charge in [-0.15, -0.1) is 0 Å². The van der Waals surface area contributed by atoms with Crippen molar-refractivity contribution in [3.63, 3.8) is 0 Å². The Bertz CT molecular complexity index is 934. The summed E-state index contributed by atoms with van der Waals surface area (Å²) in [6, 6.07) is 11.0. The number of halogens is 1. The van der Waals surface area contributed by atoms with Crippen molar-refractivity contribution in [1.82, 2.24) is 9.62 Å². The van der Waals surface area contributed by atoms with E-state index in [1.54, 1.807) is 6.07 Å². The van der Waals surface area contributed by atoms with Gasteiger partial charge in [0, 0.05) is 17.6 Å². The number of nitrogens with zero attached hydrogens (tertiary/aromatic N) is 2. The van der Waals surface area contributed by atoms with Gasteiger partial charge in [-0.25, -0.2) is 13.1 Å². The van der Waals surface area contributed by atoms with Gasteiger partial charge >= 0.3 is 0 Å². The number of rotatable bonds is 8. The molecule has 0 spiro atoms. The third-order valence-corrected chi connectivity index (χ3v) is 5.87. The fourth-order valence-corrected chi connectivity index (χ4v) is 3.63.